The monoisotopic (exact) mass is 377 g/mol. The number of hydrogen-bond acceptors (Lipinski definition) is 6. The first-order valence-electron chi connectivity index (χ1n) is 8.85. The molecule has 0 heterocycles. The van der Waals surface area contributed by atoms with E-state index in [4.69, 9.17) is 14.2 Å². The van der Waals surface area contributed by atoms with Crippen molar-refractivity contribution in [1.82, 2.24) is 5.32 Å². The number of esters is 2. The van der Waals surface area contributed by atoms with Crippen molar-refractivity contribution in [3.63, 3.8) is 0 Å². The van der Waals surface area contributed by atoms with Gasteiger partial charge in [-0.1, -0.05) is 19.3 Å². The molecule has 0 aromatic carbocycles. The number of unbranched alkanes of at least 4 members (excludes halogenated alkanes) is 3. The molecule has 152 valence electrons. The second-order valence-corrected chi connectivity index (χ2v) is 7.07. The van der Waals surface area contributed by atoms with Crippen molar-refractivity contribution in [3.05, 3.63) is 0 Å². The smallest absolute Gasteiger partial charge is 0.408 e. The van der Waals surface area contributed by atoms with Crippen LogP contribution in [0.5, 0.6) is 0 Å². The van der Waals surface area contributed by atoms with E-state index in [2.05, 4.69) is 5.32 Å². The van der Waals surface area contributed by atoms with Crippen LogP contribution in [-0.4, -0.2) is 50.6 Å². The third-order valence-corrected chi connectivity index (χ3v) is 3.67. The molecule has 1 N–H and O–H groups in total. The van der Waals surface area contributed by atoms with Crippen LogP contribution in [0.1, 0.15) is 59.3 Å². The van der Waals surface area contributed by atoms with Gasteiger partial charge in [-0.15, -0.1) is 0 Å². The third kappa shape index (κ3) is 10.9. The van der Waals surface area contributed by atoms with Crippen LogP contribution in [0, 0.1) is 5.92 Å². The molecule has 0 saturated heterocycles. The summed E-state index contributed by atoms with van der Waals surface area (Å²) in [5.41, 5.74) is -0.719. The number of carbonyl (C=O) groups is 3. The van der Waals surface area contributed by atoms with Gasteiger partial charge in [0.25, 0.3) is 0 Å². The number of carbonyl (C=O) groups excluding carboxylic acids is 3. The molecule has 0 rings (SSSR count). The minimum atomic E-state index is -1.02. The van der Waals surface area contributed by atoms with E-state index < -0.39 is 35.6 Å². The Labute approximate surface area is 154 Å². The standard InChI is InChI=1S/C18H32FNO6/c1-18(2,3)26-17(23)20-14(16(22)25-5)12-13(15(21)24-4)10-8-6-7-9-11-19/h13-14H,6-12H2,1-5H3,(H,20,23)/t13-,14-/m0/s1. The van der Waals surface area contributed by atoms with Gasteiger partial charge in [0.2, 0.25) is 0 Å². The molecule has 0 radical (unpaired) electrons. The highest BCUT2D eigenvalue weighted by atomic mass is 19.1. The summed E-state index contributed by atoms with van der Waals surface area (Å²) in [7, 11) is 2.48. The topological polar surface area (TPSA) is 90.9 Å². The van der Waals surface area contributed by atoms with Gasteiger partial charge in [-0.3, -0.25) is 9.18 Å². The average Bonchev–Trinajstić information content (AvgIpc) is 2.56. The highest BCUT2D eigenvalue weighted by Crippen LogP contribution is 2.19. The summed E-state index contributed by atoms with van der Waals surface area (Å²) >= 11 is 0. The van der Waals surface area contributed by atoms with Crippen LogP contribution in [0.4, 0.5) is 9.18 Å². The van der Waals surface area contributed by atoms with Gasteiger partial charge in [-0.25, -0.2) is 9.59 Å². The zero-order valence-electron chi connectivity index (χ0n) is 16.4. The van der Waals surface area contributed by atoms with E-state index in [9.17, 15) is 18.8 Å². The van der Waals surface area contributed by atoms with Crippen LogP contribution in [0.3, 0.4) is 0 Å². The number of rotatable bonds is 11. The molecule has 0 aliphatic heterocycles. The summed E-state index contributed by atoms with van der Waals surface area (Å²) in [6.07, 6.45) is 2.46. The van der Waals surface area contributed by atoms with Crippen LogP contribution < -0.4 is 5.32 Å². The van der Waals surface area contributed by atoms with Crippen molar-refractivity contribution in [2.75, 3.05) is 20.9 Å². The quantitative estimate of drug-likeness (QED) is 0.338. The maximum Gasteiger partial charge on any atom is 0.408 e. The molecule has 8 heteroatoms. The van der Waals surface area contributed by atoms with Crippen molar-refractivity contribution < 1.29 is 33.0 Å². The Morgan fingerprint density at radius 3 is 2.04 bits per heavy atom. The lowest BCUT2D eigenvalue weighted by Gasteiger charge is -2.24. The largest absolute Gasteiger partial charge is 0.469 e. The van der Waals surface area contributed by atoms with Gasteiger partial charge in [0, 0.05) is 0 Å². The van der Waals surface area contributed by atoms with Gasteiger partial charge in [-0.05, 0) is 40.0 Å². The van der Waals surface area contributed by atoms with E-state index in [0.717, 1.165) is 12.8 Å². The maximum atomic E-state index is 12.1. The average molecular weight is 377 g/mol. The van der Waals surface area contributed by atoms with Gasteiger partial charge in [0.05, 0.1) is 26.8 Å². The highest BCUT2D eigenvalue weighted by Gasteiger charge is 2.31. The lowest BCUT2D eigenvalue weighted by molar-refractivity contribution is -0.148. The second kappa shape index (κ2) is 12.5. The van der Waals surface area contributed by atoms with E-state index >= 15 is 0 Å². The lowest BCUT2D eigenvalue weighted by Crippen LogP contribution is -2.45. The molecule has 0 unspecified atom stereocenters. The molecule has 0 aromatic rings. The van der Waals surface area contributed by atoms with Crippen LogP contribution in [-0.2, 0) is 23.8 Å². The van der Waals surface area contributed by atoms with Gasteiger partial charge < -0.3 is 19.5 Å². The summed E-state index contributed by atoms with van der Waals surface area (Å²) < 4.78 is 26.8. The number of halogens is 1. The van der Waals surface area contributed by atoms with E-state index in [0.29, 0.717) is 19.3 Å². The van der Waals surface area contributed by atoms with Crippen molar-refractivity contribution in [1.29, 1.82) is 0 Å². The van der Waals surface area contributed by atoms with E-state index in [1.807, 2.05) is 0 Å². The summed E-state index contributed by atoms with van der Waals surface area (Å²) in [4.78, 5) is 36.0. The van der Waals surface area contributed by atoms with Gasteiger partial charge in [0.1, 0.15) is 11.6 Å². The number of methoxy groups -OCH3 is 2. The Bertz CT molecular complexity index is 449. The van der Waals surface area contributed by atoms with Crippen molar-refractivity contribution in [2.24, 2.45) is 5.92 Å². The fourth-order valence-corrected chi connectivity index (χ4v) is 2.43. The number of amides is 1. The molecule has 0 aromatic heterocycles. The number of ether oxygens (including phenoxy) is 3. The van der Waals surface area contributed by atoms with E-state index in [-0.39, 0.29) is 13.1 Å². The van der Waals surface area contributed by atoms with E-state index in [1.54, 1.807) is 20.8 Å². The Hall–Kier alpha value is -1.86. The minimum absolute atomic E-state index is 0.0434. The molecule has 0 aliphatic carbocycles. The molecule has 2 atom stereocenters. The Balaban J connectivity index is 4.88. The Kier molecular flexibility index (Phi) is 11.6. The van der Waals surface area contributed by atoms with Gasteiger partial charge >= 0.3 is 18.0 Å². The van der Waals surface area contributed by atoms with Crippen molar-refractivity contribution >= 4 is 18.0 Å². The van der Waals surface area contributed by atoms with Crippen LogP contribution >= 0.6 is 0 Å². The Morgan fingerprint density at radius 2 is 1.54 bits per heavy atom. The van der Waals surface area contributed by atoms with E-state index in [1.165, 1.54) is 14.2 Å². The van der Waals surface area contributed by atoms with Crippen LogP contribution in [0.25, 0.3) is 0 Å². The molecule has 0 aliphatic rings. The molecule has 1 amide bonds. The second-order valence-electron chi connectivity index (χ2n) is 7.07. The molecule has 0 bridgehead atoms. The molecule has 0 spiro atoms. The van der Waals surface area contributed by atoms with Crippen molar-refractivity contribution in [2.45, 2.75) is 70.9 Å². The summed E-state index contributed by atoms with van der Waals surface area (Å²) in [5, 5.41) is 2.45. The SMILES string of the molecule is COC(=O)[C@@H](CCCCCCF)C[C@H](NC(=O)OC(C)(C)C)C(=O)OC. The first-order valence-corrected chi connectivity index (χ1v) is 8.85. The molecule has 0 saturated carbocycles. The maximum absolute atomic E-state index is 12.1. The Morgan fingerprint density at radius 1 is 0.962 bits per heavy atom. The summed E-state index contributed by atoms with van der Waals surface area (Å²) in [6, 6.07) is -1.02. The molecule has 0 fully saturated rings. The van der Waals surface area contributed by atoms with Gasteiger partial charge in [-0.2, -0.15) is 0 Å². The zero-order valence-corrected chi connectivity index (χ0v) is 16.4. The predicted molar refractivity (Wildman–Crippen MR) is 94.4 cm³/mol. The molecular formula is C18H32FNO6. The molecule has 26 heavy (non-hydrogen) atoms. The van der Waals surface area contributed by atoms with Crippen LogP contribution in [0.15, 0.2) is 0 Å². The van der Waals surface area contributed by atoms with Gasteiger partial charge in [0.15, 0.2) is 0 Å². The van der Waals surface area contributed by atoms with Crippen molar-refractivity contribution in [3.8, 4) is 0 Å². The summed E-state index contributed by atoms with van der Waals surface area (Å²) in [5.74, 6) is -1.71. The molecule has 7 nitrogen and oxygen atoms in total. The first kappa shape index (κ1) is 24.1. The number of hydrogen-bond donors (Lipinski definition) is 1. The van der Waals surface area contributed by atoms with Crippen LogP contribution in [0.2, 0.25) is 0 Å². The fourth-order valence-electron chi connectivity index (χ4n) is 2.43. The normalized spacial score (nSPS) is 13.5. The number of alkyl carbamates (subject to hydrolysis) is 1. The lowest BCUT2D eigenvalue weighted by atomic mass is 9.93. The predicted octanol–water partition coefficient (Wildman–Crippen LogP) is 3.15. The fraction of sp³-hybridized carbons (Fsp3) is 0.833. The summed E-state index contributed by atoms with van der Waals surface area (Å²) in [6.45, 7) is 4.75. The first-order chi connectivity index (χ1) is 12.1. The highest BCUT2D eigenvalue weighted by molar-refractivity contribution is 5.82. The molecular weight excluding hydrogens is 345 g/mol. The number of nitrogens with one attached hydrogen (secondary N) is 1. The minimum Gasteiger partial charge on any atom is -0.469 e. The number of alkyl halides is 1. The zero-order chi connectivity index (χ0) is 20.2. The third-order valence-electron chi connectivity index (χ3n) is 3.67.